The van der Waals surface area contributed by atoms with Crippen LogP contribution < -0.4 is 5.32 Å². The first-order valence-electron chi connectivity index (χ1n) is 10.4. The Bertz CT molecular complexity index is 819. The van der Waals surface area contributed by atoms with Gasteiger partial charge < -0.3 is 10.2 Å². The highest BCUT2D eigenvalue weighted by atomic mass is 32.1. The maximum Gasteiger partial charge on any atom is 0.264 e. The quantitative estimate of drug-likeness (QED) is 0.749. The number of hydrogen-bond acceptors (Lipinski definition) is 4. The fraction of sp³-hybridized carbons (Fsp3) is 0.478. The molecule has 0 saturated carbocycles. The molecule has 5 nitrogen and oxygen atoms in total. The number of carbonyl (C=O) groups excluding carboxylic acids is 2. The van der Waals surface area contributed by atoms with Crippen LogP contribution in [0.4, 0.5) is 0 Å². The summed E-state index contributed by atoms with van der Waals surface area (Å²) < 4.78 is 0. The average molecular weight is 414 g/mol. The molecule has 1 aromatic heterocycles. The first-order valence-corrected chi connectivity index (χ1v) is 11.2. The summed E-state index contributed by atoms with van der Waals surface area (Å²) in [5.41, 5.74) is 2.35. The van der Waals surface area contributed by atoms with Crippen molar-refractivity contribution in [1.82, 2.24) is 15.1 Å². The molecular weight excluding hydrogens is 382 g/mol. The maximum absolute atomic E-state index is 13.0. The van der Waals surface area contributed by atoms with E-state index in [1.54, 1.807) is 4.90 Å². The molecule has 0 radical (unpaired) electrons. The smallest absolute Gasteiger partial charge is 0.264 e. The van der Waals surface area contributed by atoms with Gasteiger partial charge in [0.1, 0.15) is 6.04 Å². The number of likely N-dealkylation sites (tertiary alicyclic amines) is 1. The highest BCUT2D eigenvalue weighted by Gasteiger charge is 2.32. The number of nitrogens with zero attached hydrogens (tertiary/aromatic N) is 2. The van der Waals surface area contributed by atoms with Crippen LogP contribution in [-0.4, -0.2) is 47.3 Å². The highest BCUT2D eigenvalue weighted by Crippen LogP contribution is 2.22. The van der Waals surface area contributed by atoms with Crippen LogP contribution >= 0.6 is 11.3 Å². The first-order chi connectivity index (χ1) is 14.0. The van der Waals surface area contributed by atoms with Crippen LogP contribution in [0.1, 0.15) is 53.9 Å². The summed E-state index contributed by atoms with van der Waals surface area (Å²) in [6.45, 7) is 6.32. The fourth-order valence-electron chi connectivity index (χ4n) is 3.62. The van der Waals surface area contributed by atoms with Crippen molar-refractivity contribution < 1.29 is 9.59 Å². The summed E-state index contributed by atoms with van der Waals surface area (Å²) in [6, 6.07) is 12.0. The largest absolute Gasteiger partial charge is 0.350 e. The molecule has 1 N–H and O–H groups in total. The van der Waals surface area contributed by atoms with Crippen molar-refractivity contribution in [3.8, 4) is 0 Å². The van der Waals surface area contributed by atoms with Crippen molar-refractivity contribution in [1.29, 1.82) is 0 Å². The third kappa shape index (κ3) is 5.46. The topological polar surface area (TPSA) is 52.7 Å². The molecule has 0 spiro atoms. The van der Waals surface area contributed by atoms with Crippen molar-refractivity contribution in [2.75, 3.05) is 13.6 Å². The molecule has 1 unspecified atom stereocenters. The van der Waals surface area contributed by atoms with Gasteiger partial charge in [0, 0.05) is 25.7 Å². The number of hydrogen-bond donors (Lipinski definition) is 1. The van der Waals surface area contributed by atoms with Gasteiger partial charge in [-0.05, 0) is 62.7 Å². The molecule has 6 heteroatoms. The lowest BCUT2D eigenvalue weighted by molar-refractivity contribution is -0.126. The molecule has 1 fully saturated rings. The van der Waals surface area contributed by atoms with Crippen LogP contribution in [0.2, 0.25) is 0 Å². The zero-order valence-corrected chi connectivity index (χ0v) is 18.4. The van der Waals surface area contributed by atoms with E-state index in [0.717, 1.165) is 31.4 Å². The molecule has 2 aromatic rings. The van der Waals surface area contributed by atoms with Gasteiger partial charge in [0.15, 0.2) is 0 Å². The van der Waals surface area contributed by atoms with E-state index in [0.29, 0.717) is 24.0 Å². The maximum atomic E-state index is 13.0. The van der Waals surface area contributed by atoms with Gasteiger partial charge in [-0.15, -0.1) is 11.3 Å². The Morgan fingerprint density at radius 1 is 1.17 bits per heavy atom. The van der Waals surface area contributed by atoms with Gasteiger partial charge in [-0.2, -0.15) is 0 Å². The molecule has 1 aliphatic rings. The molecular formula is C23H31N3O2S. The number of amides is 2. The Morgan fingerprint density at radius 2 is 1.93 bits per heavy atom. The van der Waals surface area contributed by atoms with E-state index in [1.807, 2.05) is 29.6 Å². The van der Waals surface area contributed by atoms with Crippen molar-refractivity contribution in [3.05, 3.63) is 57.8 Å². The Kier molecular flexibility index (Phi) is 7.45. The number of nitrogens with one attached hydrogen (secondary N) is 1. The van der Waals surface area contributed by atoms with Gasteiger partial charge in [0.2, 0.25) is 5.91 Å². The van der Waals surface area contributed by atoms with Gasteiger partial charge >= 0.3 is 0 Å². The van der Waals surface area contributed by atoms with Crippen molar-refractivity contribution in [3.63, 3.8) is 0 Å². The molecule has 2 amide bonds. The van der Waals surface area contributed by atoms with E-state index < -0.39 is 0 Å². The minimum absolute atomic E-state index is 0.0289. The SMILES string of the molecule is CC(C)N(C)Cc1ccccc1CNC(=O)C1CCCCN1C(=O)c1cccs1. The Hall–Kier alpha value is -2.18. The van der Waals surface area contributed by atoms with Crippen molar-refractivity contribution in [2.24, 2.45) is 0 Å². The molecule has 1 aromatic carbocycles. The zero-order chi connectivity index (χ0) is 20.8. The lowest BCUT2D eigenvalue weighted by Gasteiger charge is -2.34. The minimum atomic E-state index is -0.385. The number of benzene rings is 1. The second-order valence-electron chi connectivity index (χ2n) is 7.98. The van der Waals surface area contributed by atoms with E-state index in [1.165, 1.54) is 16.9 Å². The number of thiophene rings is 1. The van der Waals surface area contributed by atoms with E-state index in [2.05, 4.69) is 43.2 Å². The van der Waals surface area contributed by atoms with Crippen LogP contribution in [0.25, 0.3) is 0 Å². The van der Waals surface area contributed by atoms with Crippen LogP contribution in [0.3, 0.4) is 0 Å². The lowest BCUT2D eigenvalue weighted by atomic mass is 10.0. The van der Waals surface area contributed by atoms with Crippen molar-refractivity contribution >= 4 is 23.2 Å². The standard InChI is InChI=1S/C23H31N3O2S/c1-17(2)25(3)16-19-10-5-4-9-18(19)15-24-22(27)20-11-6-7-13-26(20)23(28)21-12-8-14-29-21/h4-5,8-10,12,14,17,20H,6-7,11,13,15-16H2,1-3H3,(H,24,27). The summed E-state index contributed by atoms with van der Waals surface area (Å²) in [4.78, 5) is 30.6. The van der Waals surface area contributed by atoms with Crippen LogP contribution in [-0.2, 0) is 17.9 Å². The fourth-order valence-corrected chi connectivity index (χ4v) is 4.30. The molecule has 0 aliphatic carbocycles. The van der Waals surface area contributed by atoms with Crippen LogP contribution in [0.5, 0.6) is 0 Å². The van der Waals surface area contributed by atoms with Crippen LogP contribution in [0.15, 0.2) is 41.8 Å². The van der Waals surface area contributed by atoms with Crippen molar-refractivity contribution in [2.45, 2.75) is 58.3 Å². The molecule has 1 atom stereocenters. The van der Waals surface area contributed by atoms with E-state index in [-0.39, 0.29) is 17.9 Å². The van der Waals surface area contributed by atoms with E-state index in [4.69, 9.17) is 0 Å². The van der Waals surface area contributed by atoms with Gasteiger partial charge in [-0.3, -0.25) is 14.5 Å². The molecule has 156 valence electrons. The Balaban J connectivity index is 1.66. The van der Waals surface area contributed by atoms with E-state index in [9.17, 15) is 9.59 Å². The molecule has 2 heterocycles. The zero-order valence-electron chi connectivity index (χ0n) is 17.6. The highest BCUT2D eigenvalue weighted by molar-refractivity contribution is 7.12. The number of rotatable bonds is 7. The Labute approximate surface area is 177 Å². The van der Waals surface area contributed by atoms with E-state index >= 15 is 0 Å². The summed E-state index contributed by atoms with van der Waals surface area (Å²) in [6.07, 6.45) is 2.65. The predicted molar refractivity (Wildman–Crippen MR) is 118 cm³/mol. The monoisotopic (exact) mass is 413 g/mol. The van der Waals surface area contributed by atoms with Gasteiger partial charge in [-0.1, -0.05) is 30.3 Å². The van der Waals surface area contributed by atoms with Crippen LogP contribution in [0, 0.1) is 0 Å². The second-order valence-corrected chi connectivity index (χ2v) is 8.93. The summed E-state index contributed by atoms with van der Waals surface area (Å²) in [5.74, 6) is -0.0829. The van der Waals surface area contributed by atoms with Gasteiger partial charge in [-0.25, -0.2) is 0 Å². The minimum Gasteiger partial charge on any atom is -0.350 e. The molecule has 0 bridgehead atoms. The van der Waals surface area contributed by atoms with Gasteiger partial charge in [0.25, 0.3) is 5.91 Å². The first kappa shape index (κ1) is 21.5. The Morgan fingerprint density at radius 3 is 2.62 bits per heavy atom. The number of carbonyl (C=O) groups is 2. The third-order valence-corrected chi connectivity index (χ3v) is 6.53. The molecule has 1 aliphatic heterocycles. The number of piperidine rings is 1. The third-order valence-electron chi connectivity index (χ3n) is 5.67. The van der Waals surface area contributed by atoms with Gasteiger partial charge in [0.05, 0.1) is 4.88 Å². The second kappa shape index (κ2) is 10.0. The summed E-state index contributed by atoms with van der Waals surface area (Å²) >= 11 is 1.43. The lowest BCUT2D eigenvalue weighted by Crippen LogP contribution is -2.51. The predicted octanol–water partition coefficient (Wildman–Crippen LogP) is 3.90. The molecule has 1 saturated heterocycles. The average Bonchev–Trinajstić information content (AvgIpc) is 3.27. The summed E-state index contributed by atoms with van der Waals surface area (Å²) in [7, 11) is 2.11. The molecule has 3 rings (SSSR count). The molecule has 29 heavy (non-hydrogen) atoms. The summed E-state index contributed by atoms with van der Waals surface area (Å²) in [5, 5.41) is 4.99. The normalized spacial score (nSPS) is 17.0.